The monoisotopic (exact) mass is 318 g/mol. The van der Waals surface area contributed by atoms with Gasteiger partial charge < -0.3 is 10.6 Å². The van der Waals surface area contributed by atoms with Gasteiger partial charge in [-0.05, 0) is 44.4 Å². The molecule has 0 spiro atoms. The van der Waals surface area contributed by atoms with Crippen molar-refractivity contribution in [2.75, 3.05) is 13.1 Å². The van der Waals surface area contributed by atoms with E-state index in [2.05, 4.69) is 0 Å². The second-order valence-electron chi connectivity index (χ2n) is 5.39. The molecular weight excluding hydrogens is 300 g/mol. The van der Waals surface area contributed by atoms with Crippen molar-refractivity contribution in [1.82, 2.24) is 4.90 Å². The van der Waals surface area contributed by atoms with Crippen LogP contribution in [0.4, 0.5) is 17.6 Å². The van der Waals surface area contributed by atoms with Crippen LogP contribution >= 0.6 is 0 Å². The summed E-state index contributed by atoms with van der Waals surface area (Å²) in [5, 5.41) is 0. The molecule has 1 aliphatic rings. The number of nitrogens with zero attached hydrogens (tertiary/aromatic N) is 1. The molecule has 22 heavy (non-hydrogen) atoms. The van der Waals surface area contributed by atoms with Gasteiger partial charge in [0.2, 0.25) is 0 Å². The molecule has 1 heterocycles. The molecule has 1 aliphatic heterocycles. The first-order valence-electron chi connectivity index (χ1n) is 7.23. The lowest BCUT2D eigenvalue weighted by Gasteiger charge is -2.36. The number of rotatable bonds is 3. The number of benzene rings is 1. The number of hydrogen-bond donors (Lipinski definition) is 1. The van der Waals surface area contributed by atoms with Crippen LogP contribution in [0.15, 0.2) is 18.2 Å². The summed E-state index contributed by atoms with van der Waals surface area (Å²) in [7, 11) is 0. The number of hydrogen-bond acceptors (Lipinski definition) is 2. The van der Waals surface area contributed by atoms with Crippen molar-refractivity contribution in [3.05, 3.63) is 35.1 Å². The van der Waals surface area contributed by atoms with Gasteiger partial charge in [0.25, 0.3) is 5.91 Å². The molecule has 7 heteroatoms. The Morgan fingerprint density at radius 1 is 1.32 bits per heavy atom. The lowest BCUT2D eigenvalue weighted by atomic mass is 9.97. The fraction of sp³-hybridized carbons (Fsp3) is 0.533. The molecule has 0 bridgehead atoms. The molecule has 1 aromatic carbocycles. The van der Waals surface area contributed by atoms with E-state index < -0.39 is 29.0 Å². The van der Waals surface area contributed by atoms with Crippen LogP contribution < -0.4 is 5.73 Å². The zero-order chi connectivity index (χ0) is 16.3. The van der Waals surface area contributed by atoms with E-state index in [-0.39, 0.29) is 6.04 Å². The standard InChI is InChI=1S/C15H18F4N2O/c16-13-11(5-3-6-12(13)15(17,18)19)14(22)21-9-2-1-4-10(21)7-8-20/h3,5-6,10H,1-2,4,7-9,20H2/t10-/m1/s1. The summed E-state index contributed by atoms with van der Waals surface area (Å²) >= 11 is 0. The highest BCUT2D eigenvalue weighted by atomic mass is 19.4. The van der Waals surface area contributed by atoms with Crippen LogP contribution in [0.3, 0.4) is 0 Å². The molecule has 2 rings (SSSR count). The Hall–Kier alpha value is -1.63. The van der Waals surface area contributed by atoms with Gasteiger partial charge in [0.05, 0.1) is 11.1 Å². The van der Waals surface area contributed by atoms with Crippen molar-refractivity contribution < 1.29 is 22.4 Å². The number of alkyl halides is 3. The topological polar surface area (TPSA) is 46.3 Å². The third-order valence-corrected chi connectivity index (χ3v) is 3.92. The minimum Gasteiger partial charge on any atom is -0.336 e. The molecule has 0 saturated carbocycles. The van der Waals surface area contributed by atoms with Crippen LogP contribution in [0, 0.1) is 5.82 Å². The molecule has 0 unspecified atom stereocenters. The fourth-order valence-electron chi connectivity index (χ4n) is 2.83. The third-order valence-electron chi connectivity index (χ3n) is 3.92. The van der Waals surface area contributed by atoms with Crippen LogP contribution in [0.5, 0.6) is 0 Å². The summed E-state index contributed by atoms with van der Waals surface area (Å²) < 4.78 is 52.3. The number of likely N-dealkylation sites (tertiary alicyclic amines) is 1. The predicted octanol–water partition coefficient (Wildman–Crippen LogP) is 3.19. The van der Waals surface area contributed by atoms with E-state index in [1.54, 1.807) is 0 Å². The molecule has 1 aromatic rings. The first kappa shape index (κ1) is 16.7. The zero-order valence-corrected chi connectivity index (χ0v) is 12.0. The summed E-state index contributed by atoms with van der Waals surface area (Å²) in [6.45, 7) is 0.790. The Labute approximate surface area is 126 Å². The molecule has 1 saturated heterocycles. The maximum Gasteiger partial charge on any atom is 0.419 e. The zero-order valence-electron chi connectivity index (χ0n) is 12.0. The lowest BCUT2D eigenvalue weighted by molar-refractivity contribution is -0.140. The molecule has 3 nitrogen and oxygen atoms in total. The largest absolute Gasteiger partial charge is 0.419 e. The average Bonchev–Trinajstić information content (AvgIpc) is 2.46. The van der Waals surface area contributed by atoms with Crippen molar-refractivity contribution in [1.29, 1.82) is 0 Å². The minimum absolute atomic E-state index is 0.139. The Bertz CT molecular complexity index is 543. The second-order valence-corrected chi connectivity index (χ2v) is 5.39. The quantitative estimate of drug-likeness (QED) is 0.870. The predicted molar refractivity (Wildman–Crippen MR) is 73.7 cm³/mol. The van der Waals surface area contributed by atoms with E-state index >= 15 is 0 Å². The van der Waals surface area contributed by atoms with E-state index in [0.717, 1.165) is 31.4 Å². The van der Waals surface area contributed by atoms with Crippen LogP contribution in [0.1, 0.15) is 41.6 Å². The summed E-state index contributed by atoms with van der Waals surface area (Å²) in [6.07, 6.45) is -1.83. The summed E-state index contributed by atoms with van der Waals surface area (Å²) in [6, 6.07) is 2.65. The highest BCUT2D eigenvalue weighted by Gasteiger charge is 2.37. The van der Waals surface area contributed by atoms with Gasteiger partial charge in [-0.2, -0.15) is 13.2 Å². The van der Waals surface area contributed by atoms with Gasteiger partial charge in [0.15, 0.2) is 0 Å². The third kappa shape index (κ3) is 3.40. The van der Waals surface area contributed by atoms with Gasteiger partial charge >= 0.3 is 6.18 Å². The maximum atomic E-state index is 14.1. The molecule has 1 fully saturated rings. The van der Waals surface area contributed by atoms with Crippen LogP contribution in [-0.2, 0) is 6.18 Å². The molecule has 0 aromatic heterocycles. The summed E-state index contributed by atoms with van der Waals surface area (Å²) in [4.78, 5) is 13.9. The van der Waals surface area contributed by atoms with Gasteiger partial charge in [-0.25, -0.2) is 4.39 Å². The van der Waals surface area contributed by atoms with Crippen LogP contribution in [0.25, 0.3) is 0 Å². The summed E-state index contributed by atoms with van der Waals surface area (Å²) in [5.74, 6) is -2.20. The Morgan fingerprint density at radius 2 is 2.05 bits per heavy atom. The van der Waals surface area contributed by atoms with Gasteiger partial charge in [0, 0.05) is 12.6 Å². The number of carbonyl (C=O) groups is 1. The molecule has 1 amide bonds. The number of carbonyl (C=O) groups excluding carboxylic acids is 1. The van der Waals surface area contributed by atoms with Crippen molar-refractivity contribution >= 4 is 5.91 Å². The Kier molecular flexibility index (Phi) is 5.05. The molecule has 1 atom stereocenters. The van der Waals surface area contributed by atoms with Gasteiger partial charge in [-0.15, -0.1) is 0 Å². The van der Waals surface area contributed by atoms with Crippen LogP contribution in [-0.4, -0.2) is 29.9 Å². The van der Waals surface area contributed by atoms with Crippen molar-refractivity contribution in [2.24, 2.45) is 5.73 Å². The number of amides is 1. The fourth-order valence-corrected chi connectivity index (χ4v) is 2.83. The highest BCUT2D eigenvalue weighted by Crippen LogP contribution is 2.33. The molecule has 2 N–H and O–H groups in total. The first-order valence-corrected chi connectivity index (χ1v) is 7.23. The lowest BCUT2D eigenvalue weighted by Crippen LogP contribution is -2.45. The van der Waals surface area contributed by atoms with E-state index in [4.69, 9.17) is 5.73 Å². The van der Waals surface area contributed by atoms with Crippen molar-refractivity contribution in [2.45, 2.75) is 37.9 Å². The first-order chi connectivity index (χ1) is 10.4. The van der Waals surface area contributed by atoms with Crippen LogP contribution in [0.2, 0.25) is 0 Å². The smallest absolute Gasteiger partial charge is 0.336 e. The van der Waals surface area contributed by atoms with Gasteiger partial charge in [0.1, 0.15) is 5.82 Å². The highest BCUT2D eigenvalue weighted by molar-refractivity contribution is 5.95. The Balaban J connectivity index is 2.32. The summed E-state index contributed by atoms with van der Waals surface area (Å²) in [5.41, 5.74) is 3.57. The van der Waals surface area contributed by atoms with Gasteiger partial charge in [-0.3, -0.25) is 4.79 Å². The molecular formula is C15H18F4N2O. The SMILES string of the molecule is NCC[C@H]1CCCCN1C(=O)c1cccc(C(F)(F)F)c1F. The normalized spacial score (nSPS) is 19.3. The van der Waals surface area contributed by atoms with E-state index in [1.165, 1.54) is 4.90 Å². The molecule has 122 valence electrons. The van der Waals surface area contributed by atoms with Crippen molar-refractivity contribution in [3.63, 3.8) is 0 Å². The van der Waals surface area contributed by atoms with Crippen molar-refractivity contribution in [3.8, 4) is 0 Å². The number of piperidine rings is 1. The van der Waals surface area contributed by atoms with E-state index in [0.29, 0.717) is 25.6 Å². The second kappa shape index (κ2) is 6.64. The molecule has 0 radical (unpaired) electrons. The average molecular weight is 318 g/mol. The van der Waals surface area contributed by atoms with E-state index in [9.17, 15) is 22.4 Å². The number of nitrogens with two attached hydrogens (primary N) is 1. The van der Waals surface area contributed by atoms with E-state index in [1.807, 2.05) is 0 Å². The minimum atomic E-state index is -4.82. The molecule has 0 aliphatic carbocycles. The van der Waals surface area contributed by atoms with Gasteiger partial charge in [-0.1, -0.05) is 6.07 Å². The maximum absolute atomic E-state index is 14.1. The Morgan fingerprint density at radius 3 is 2.68 bits per heavy atom. The number of halogens is 4.